The lowest BCUT2D eigenvalue weighted by atomic mass is 10.1. The van der Waals surface area contributed by atoms with Gasteiger partial charge in [0.2, 0.25) is 0 Å². The minimum atomic E-state index is -0.681. The van der Waals surface area contributed by atoms with Gasteiger partial charge in [-0.25, -0.2) is 10.5 Å². The molecule has 122 valence electrons. The smallest absolute Gasteiger partial charge is 0.274 e. The van der Waals surface area contributed by atoms with Crippen molar-refractivity contribution in [2.24, 2.45) is 0 Å². The van der Waals surface area contributed by atoms with E-state index in [0.717, 1.165) is 5.75 Å². The Hall–Kier alpha value is -3.19. The monoisotopic (exact) mass is 325 g/mol. The normalized spacial score (nSPS) is 10.5. The number of hydroxylamine groups is 1. The van der Waals surface area contributed by atoms with Crippen LogP contribution in [0.5, 0.6) is 5.75 Å². The van der Waals surface area contributed by atoms with Crippen molar-refractivity contribution in [2.45, 2.75) is 6.54 Å². The molecule has 3 rings (SSSR count). The molecule has 0 aliphatic carbocycles. The van der Waals surface area contributed by atoms with Crippen molar-refractivity contribution in [3.05, 3.63) is 70.8 Å². The molecule has 0 fully saturated rings. The number of nitrogens with one attached hydrogen (secondary N) is 1. The molecule has 1 aromatic heterocycles. The second kappa shape index (κ2) is 6.93. The van der Waals surface area contributed by atoms with E-state index in [9.17, 15) is 9.59 Å². The second-order valence-electron chi connectivity index (χ2n) is 5.08. The van der Waals surface area contributed by atoms with Crippen LogP contribution < -0.4 is 15.8 Å². The van der Waals surface area contributed by atoms with E-state index in [-0.39, 0.29) is 11.1 Å². The Labute approximate surface area is 137 Å². The van der Waals surface area contributed by atoms with Gasteiger partial charge in [-0.1, -0.05) is 18.2 Å². The van der Waals surface area contributed by atoms with E-state index in [2.05, 4.69) is 4.98 Å². The highest BCUT2D eigenvalue weighted by atomic mass is 16.5. The first kappa shape index (κ1) is 15.7. The molecule has 2 N–H and O–H groups in total. The zero-order valence-corrected chi connectivity index (χ0v) is 12.7. The number of hydrogen-bond donors (Lipinski definition) is 2. The van der Waals surface area contributed by atoms with Crippen molar-refractivity contribution in [1.29, 1.82) is 0 Å². The SMILES string of the molecule is O=C(NO)c1ccc2ncn(CCOc3ccccc3)c(=O)c2c1. The van der Waals surface area contributed by atoms with Gasteiger partial charge in [-0.3, -0.25) is 19.4 Å². The maximum Gasteiger partial charge on any atom is 0.274 e. The first-order chi connectivity index (χ1) is 11.7. The van der Waals surface area contributed by atoms with Gasteiger partial charge >= 0.3 is 0 Å². The van der Waals surface area contributed by atoms with Crippen molar-refractivity contribution in [2.75, 3.05) is 6.61 Å². The second-order valence-corrected chi connectivity index (χ2v) is 5.08. The number of benzene rings is 2. The Bertz CT molecular complexity index is 922. The molecular weight excluding hydrogens is 310 g/mol. The van der Waals surface area contributed by atoms with Crippen molar-refractivity contribution in [1.82, 2.24) is 15.0 Å². The minimum absolute atomic E-state index is 0.183. The maximum atomic E-state index is 12.5. The van der Waals surface area contributed by atoms with E-state index in [1.807, 2.05) is 30.3 Å². The number of hydrogen-bond acceptors (Lipinski definition) is 5. The lowest BCUT2D eigenvalue weighted by Crippen LogP contribution is -2.24. The molecule has 0 aliphatic rings. The van der Waals surface area contributed by atoms with E-state index in [4.69, 9.17) is 9.94 Å². The summed E-state index contributed by atoms with van der Waals surface area (Å²) in [7, 11) is 0. The maximum absolute atomic E-state index is 12.5. The number of aromatic nitrogens is 2. The van der Waals surface area contributed by atoms with Crippen LogP contribution in [0.3, 0.4) is 0 Å². The predicted molar refractivity (Wildman–Crippen MR) is 87.2 cm³/mol. The fourth-order valence-corrected chi connectivity index (χ4v) is 2.30. The van der Waals surface area contributed by atoms with Crippen molar-refractivity contribution < 1.29 is 14.7 Å². The lowest BCUT2D eigenvalue weighted by Gasteiger charge is -2.09. The molecule has 2 aromatic carbocycles. The van der Waals surface area contributed by atoms with Gasteiger partial charge in [0, 0.05) is 5.56 Å². The van der Waals surface area contributed by atoms with Gasteiger partial charge in [0.05, 0.1) is 23.8 Å². The molecule has 0 bridgehead atoms. The predicted octanol–water partition coefficient (Wildman–Crippen LogP) is 1.59. The van der Waals surface area contributed by atoms with Gasteiger partial charge in [-0.05, 0) is 30.3 Å². The average molecular weight is 325 g/mol. The van der Waals surface area contributed by atoms with Crippen LogP contribution in [0.1, 0.15) is 10.4 Å². The Morgan fingerprint density at radius 1 is 1.21 bits per heavy atom. The van der Waals surface area contributed by atoms with Gasteiger partial charge in [0.1, 0.15) is 12.4 Å². The summed E-state index contributed by atoms with van der Waals surface area (Å²) < 4.78 is 6.99. The summed E-state index contributed by atoms with van der Waals surface area (Å²) in [6.07, 6.45) is 1.45. The van der Waals surface area contributed by atoms with Crippen molar-refractivity contribution in [3.63, 3.8) is 0 Å². The molecule has 0 unspecified atom stereocenters. The quantitative estimate of drug-likeness (QED) is 0.549. The molecule has 0 radical (unpaired) electrons. The highest BCUT2D eigenvalue weighted by Crippen LogP contribution is 2.11. The largest absolute Gasteiger partial charge is 0.492 e. The number of ether oxygens (including phenoxy) is 1. The molecule has 0 atom stereocenters. The third-order valence-electron chi connectivity index (χ3n) is 3.53. The standard InChI is InChI=1S/C17H15N3O4/c21-16(19-23)12-6-7-15-14(10-12)17(22)20(11-18-15)8-9-24-13-4-2-1-3-5-13/h1-7,10-11,23H,8-9H2,(H,19,21). The van der Waals surface area contributed by atoms with Gasteiger partial charge < -0.3 is 4.74 Å². The van der Waals surface area contributed by atoms with Gasteiger partial charge in [-0.15, -0.1) is 0 Å². The molecule has 7 heteroatoms. The summed E-state index contributed by atoms with van der Waals surface area (Å²) in [5.41, 5.74) is 1.93. The average Bonchev–Trinajstić information content (AvgIpc) is 2.63. The van der Waals surface area contributed by atoms with Gasteiger partial charge in [-0.2, -0.15) is 0 Å². The molecule has 1 heterocycles. The molecule has 24 heavy (non-hydrogen) atoms. The zero-order chi connectivity index (χ0) is 16.9. The molecule has 0 saturated heterocycles. The summed E-state index contributed by atoms with van der Waals surface area (Å²) in [6, 6.07) is 13.8. The summed E-state index contributed by atoms with van der Waals surface area (Å²) in [6.45, 7) is 0.640. The molecule has 7 nitrogen and oxygen atoms in total. The Kier molecular flexibility index (Phi) is 4.53. The Balaban J connectivity index is 1.82. The lowest BCUT2D eigenvalue weighted by molar-refractivity contribution is 0.0706. The summed E-state index contributed by atoms with van der Waals surface area (Å²) in [5, 5.41) is 9.00. The summed E-state index contributed by atoms with van der Waals surface area (Å²) in [5.74, 6) is 0.0420. The van der Waals surface area contributed by atoms with Gasteiger partial charge in [0.25, 0.3) is 11.5 Å². The number of rotatable bonds is 5. The number of nitrogens with zero attached hydrogens (tertiary/aromatic N) is 2. The van der Waals surface area contributed by atoms with E-state index >= 15 is 0 Å². The molecule has 0 aliphatic heterocycles. The van der Waals surface area contributed by atoms with Crippen LogP contribution in [0, 0.1) is 0 Å². The molecular formula is C17H15N3O4. The number of carbonyl (C=O) groups is 1. The first-order valence-electron chi connectivity index (χ1n) is 7.30. The van der Waals surface area contributed by atoms with E-state index in [1.165, 1.54) is 23.0 Å². The fraction of sp³-hybridized carbons (Fsp3) is 0.118. The van der Waals surface area contributed by atoms with Crippen LogP contribution in [-0.2, 0) is 6.54 Å². The van der Waals surface area contributed by atoms with Crippen molar-refractivity contribution in [3.8, 4) is 5.75 Å². The number of amides is 1. The molecule has 0 spiro atoms. The van der Waals surface area contributed by atoms with E-state index < -0.39 is 5.91 Å². The topological polar surface area (TPSA) is 93.5 Å². The van der Waals surface area contributed by atoms with Crippen LogP contribution >= 0.6 is 0 Å². The molecule has 1 amide bonds. The molecule has 0 saturated carbocycles. The van der Waals surface area contributed by atoms with Crippen molar-refractivity contribution >= 4 is 16.8 Å². The summed E-state index contributed by atoms with van der Waals surface area (Å²) >= 11 is 0. The number of fused-ring (bicyclic) bond motifs is 1. The van der Waals surface area contributed by atoms with E-state index in [1.54, 1.807) is 11.5 Å². The van der Waals surface area contributed by atoms with Gasteiger partial charge in [0.15, 0.2) is 0 Å². The van der Waals surface area contributed by atoms with E-state index in [0.29, 0.717) is 24.1 Å². The zero-order valence-electron chi connectivity index (χ0n) is 12.7. The Morgan fingerprint density at radius 3 is 2.75 bits per heavy atom. The number of carbonyl (C=O) groups excluding carboxylic acids is 1. The summed E-state index contributed by atoms with van der Waals surface area (Å²) in [4.78, 5) is 28.2. The van der Waals surface area contributed by atoms with Crippen LogP contribution in [0.4, 0.5) is 0 Å². The van der Waals surface area contributed by atoms with Crippen LogP contribution in [0.2, 0.25) is 0 Å². The third-order valence-corrected chi connectivity index (χ3v) is 3.53. The van der Waals surface area contributed by atoms with Crippen LogP contribution in [0.15, 0.2) is 59.7 Å². The highest BCUT2D eigenvalue weighted by Gasteiger charge is 2.09. The minimum Gasteiger partial charge on any atom is -0.492 e. The first-order valence-corrected chi connectivity index (χ1v) is 7.30. The molecule has 3 aromatic rings. The number of para-hydroxylation sites is 1. The fourth-order valence-electron chi connectivity index (χ4n) is 2.30. The van der Waals surface area contributed by atoms with Crippen LogP contribution in [0.25, 0.3) is 10.9 Å². The highest BCUT2D eigenvalue weighted by molar-refractivity contribution is 5.97. The Morgan fingerprint density at radius 2 is 2.00 bits per heavy atom. The van der Waals surface area contributed by atoms with Crippen LogP contribution in [-0.4, -0.2) is 27.3 Å². The third kappa shape index (κ3) is 3.26.